The first-order valence-electron chi connectivity index (χ1n) is 12.4. The number of aliphatic hydroxyl groups is 1. The first kappa shape index (κ1) is 27.9. The number of alkyl halides is 3. The number of nitrogens with zero attached hydrogens (tertiary/aromatic N) is 6. The van der Waals surface area contributed by atoms with Crippen LogP contribution in [0.2, 0.25) is 10.0 Å². The van der Waals surface area contributed by atoms with E-state index in [1.54, 1.807) is 25.1 Å². The van der Waals surface area contributed by atoms with E-state index in [1.165, 1.54) is 10.9 Å². The molecule has 12 heteroatoms. The Morgan fingerprint density at radius 3 is 2.54 bits per heavy atom. The molecular formula is C25H31Cl2F3N6O. The molecule has 0 unspecified atom stereocenters. The lowest BCUT2D eigenvalue weighted by Gasteiger charge is -2.45. The van der Waals surface area contributed by atoms with E-state index in [0.717, 1.165) is 32.6 Å². The minimum atomic E-state index is -4.68. The summed E-state index contributed by atoms with van der Waals surface area (Å²) in [5.74, 6) is 1.40. The standard InChI is InChI=1S/C25H31Cl2F3N6O/c1-4-16(12-34(5-2)8-9-37)17-13-35(14-17)21-11-31-22-23(25(28,29)30)33-36(24(22)32-21)15(3)19-7-6-18(26)10-20(19)27/h6-7,10-11,15-17,37H,4-5,8-9,12-14H2,1-3H3/t15-,16+/m1/s1. The van der Waals surface area contributed by atoms with Gasteiger partial charge in [0.1, 0.15) is 11.3 Å². The van der Waals surface area contributed by atoms with E-state index in [4.69, 9.17) is 23.2 Å². The van der Waals surface area contributed by atoms with Crippen molar-refractivity contribution in [3.05, 3.63) is 45.7 Å². The Kier molecular flexibility index (Phi) is 8.52. The zero-order valence-corrected chi connectivity index (χ0v) is 22.5. The smallest absolute Gasteiger partial charge is 0.395 e. The molecule has 0 radical (unpaired) electrons. The molecule has 3 aromatic rings. The summed E-state index contributed by atoms with van der Waals surface area (Å²) in [7, 11) is 0. The molecule has 2 atom stereocenters. The Morgan fingerprint density at radius 2 is 1.95 bits per heavy atom. The highest BCUT2D eigenvalue weighted by atomic mass is 35.5. The van der Waals surface area contributed by atoms with Gasteiger partial charge in [-0.2, -0.15) is 18.3 Å². The highest BCUT2D eigenvalue weighted by molar-refractivity contribution is 6.35. The number of halogens is 5. The van der Waals surface area contributed by atoms with Gasteiger partial charge in [-0.05, 0) is 43.0 Å². The lowest BCUT2D eigenvalue weighted by Crippen LogP contribution is -2.52. The van der Waals surface area contributed by atoms with Crippen molar-refractivity contribution >= 4 is 40.2 Å². The Bertz CT molecular complexity index is 1230. The van der Waals surface area contributed by atoms with Crippen molar-refractivity contribution in [2.75, 3.05) is 44.2 Å². The monoisotopic (exact) mass is 558 g/mol. The van der Waals surface area contributed by atoms with Crippen molar-refractivity contribution in [1.82, 2.24) is 24.6 Å². The van der Waals surface area contributed by atoms with Crippen LogP contribution in [0.25, 0.3) is 11.2 Å². The van der Waals surface area contributed by atoms with Gasteiger partial charge in [0.05, 0.1) is 18.8 Å². The highest BCUT2D eigenvalue weighted by Gasteiger charge is 2.40. The molecule has 0 amide bonds. The minimum absolute atomic E-state index is 0.0546. The van der Waals surface area contributed by atoms with E-state index in [0.29, 0.717) is 39.8 Å². The van der Waals surface area contributed by atoms with Crippen molar-refractivity contribution in [3.63, 3.8) is 0 Å². The van der Waals surface area contributed by atoms with Gasteiger partial charge in [0.2, 0.25) is 0 Å². The summed E-state index contributed by atoms with van der Waals surface area (Å²) in [5.41, 5.74) is -0.734. The molecule has 202 valence electrons. The first-order valence-corrected chi connectivity index (χ1v) is 13.2. The van der Waals surface area contributed by atoms with E-state index in [2.05, 4.69) is 33.8 Å². The number of benzene rings is 1. The zero-order valence-electron chi connectivity index (χ0n) is 21.0. The van der Waals surface area contributed by atoms with Gasteiger partial charge in [-0.3, -0.25) is 0 Å². The Labute approximate surface area is 224 Å². The summed E-state index contributed by atoms with van der Waals surface area (Å²) in [6.45, 7) is 9.99. The van der Waals surface area contributed by atoms with Crippen LogP contribution >= 0.6 is 23.2 Å². The fraction of sp³-hybridized carbons (Fsp3) is 0.560. The summed E-state index contributed by atoms with van der Waals surface area (Å²) in [4.78, 5) is 13.0. The Morgan fingerprint density at radius 1 is 1.22 bits per heavy atom. The fourth-order valence-electron chi connectivity index (χ4n) is 4.95. The number of aromatic nitrogens is 4. The van der Waals surface area contributed by atoms with Crippen molar-refractivity contribution in [3.8, 4) is 0 Å². The van der Waals surface area contributed by atoms with Crippen molar-refractivity contribution in [2.24, 2.45) is 11.8 Å². The summed E-state index contributed by atoms with van der Waals surface area (Å²) >= 11 is 12.4. The second-order valence-electron chi connectivity index (χ2n) is 9.48. The average Bonchev–Trinajstić information content (AvgIpc) is 3.21. The van der Waals surface area contributed by atoms with Gasteiger partial charge < -0.3 is 14.9 Å². The molecule has 0 spiro atoms. The van der Waals surface area contributed by atoms with Gasteiger partial charge >= 0.3 is 6.18 Å². The molecule has 1 aliphatic rings. The molecule has 37 heavy (non-hydrogen) atoms. The van der Waals surface area contributed by atoms with Gasteiger partial charge in [-0.25, -0.2) is 14.6 Å². The number of aliphatic hydroxyl groups excluding tert-OH is 1. The van der Waals surface area contributed by atoms with E-state index in [9.17, 15) is 18.3 Å². The third-order valence-electron chi connectivity index (χ3n) is 7.22. The molecule has 1 fully saturated rings. The molecule has 3 heterocycles. The topological polar surface area (TPSA) is 70.3 Å². The number of rotatable bonds is 10. The van der Waals surface area contributed by atoms with Crippen LogP contribution in [0.5, 0.6) is 0 Å². The van der Waals surface area contributed by atoms with E-state index in [-0.39, 0.29) is 17.8 Å². The van der Waals surface area contributed by atoms with Crippen LogP contribution in [0, 0.1) is 11.8 Å². The van der Waals surface area contributed by atoms with Crippen LogP contribution in [-0.4, -0.2) is 69.1 Å². The molecule has 1 N–H and O–H groups in total. The minimum Gasteiger partial charge on any atom is -0.395 e. The van der Waals surface area contributed by atoms with Crippen LogP contribution in [0.15, 0.2) is 24.4 Å². The second-order valence-corrected chi connectivity index (χ2v) is 10.3. The third kappa shape index (κ3) is 5.82. The quantitative estimate of drug-likeness (QED) is 0.352. The number of hydrogen-bond acceptors (Lipinski definition) is 6. The lowest BCUT2D eigenvalue weighted by molar-refractivity contribution is -0.140. The summed E-state index contributed by atoms with van der Waals surface area (Å²) in [6.07, 6.45) is -2.28. The molecule has 1 aliphatic heterocycles. The Hall–Kier alpha value is -2.14. The number of likely N-dealkylation sites (N-methyl/N-ethyl adjacent to an activating group) is 1. The first-order chi connectivity index (χ1) is 17.6. The highest BCUT2D eigenvalue weighted by Crippen LogP contribution is 2.37. The van der Waals surface area contributed by atoms with Crippen LogP contribution in [0.4, 0.5) is 19.0 Å². The molecule has 1 aromatic carbocycles. The van der Waals surface area contributed by atoms with Crippen LogP contribution in [0.1, 0.15) is 44.5 Å². The van der Waals surface area contributed by atoms with Gasteiger partial charge in [0.15, 0.2) is 11.3 Å². The van der Waals surface area contributed by atoms with Crippen molar-refractivity contribution in [2.45, 2.75) is 39.4 Å². The average molecular weight is 559 g/mol. The summed E-state index contributed by atoms with van der Waals surface area (Å²) in [6, 6.07) is 4.23. The van der Waals surface area contributed by atoms with Crippen molar-refractivity contribution in [1.29, 1.82) is 0 Å². The SMILES string of the molecule is CC[C@@H](CN(CC)CCO)C1CN(c2cnc3c(C(F)(F)F)nn([C@H](C)c4ccc(Cl)cc4Cl)c3n2)C1. The molecule has 0 bridgehead atoms. The van der Waals surface area contributed by atoms with E-state index >= 15 is 0 Å². The molecule has 7 nitrogen and oxygen atoms in total. The maximum atomic E-state index is 13.8. The normalized spacial score (nSPS) is 16.4. The van der Waals surface area contributed by atoms with Crippen LogP contribution in [-0.2, 0) is 6.18 Å². The maximum Gasteiger partial charge on any atom is 0.437 e. The van der Waals surface area contributed by atoms with Gasteiger partial charge in [0.25, 0.3) is 0 Å². The predicted octanol–water partition coefficient (Wildman–Crippen LogP) is 5.54. The molecule has 2 aromatic heterocycles. The lowest BCUT2D eigenvalue weighted by atomic mass is 9.83. The third-order valence-corrected chi connectivity index (χ3v) is 7.78. The maximum absolute atomic E-state index is 13.8. The Balaban J connectivity index is 1.62. The number of hydrogen-bond donors (Lipinski definition) is 1. The molecular weight excluding hydrogens is 528 g/mol. The number of anilines is 1. The summed E-state index contributed by atoms with van der Waals surface area (Å²) < 4.78 is 42.7. The fourth-order valence-corrected chi connectivity index (χ4v) is 5.51. The zero-order chi connectivity index (χ0) is 26.9. The second kappa shape index (κ2) is 11.3. The van der Waals surface area contributed by atoms with E-state index in [1.807, 2.05) is 4.90 Å². The van der Waals surface area contributed by atoms with Gasteiger partial charge in [-0.15, -0.1) is 0 Å². The largest absolute Gasteiger partial charge is 0.437 e. The van der Waals surface area contributed by atoms with Crippen LogP contribution in [0.3, 0.4) is 0 Å². The molecule has 4 rings (SSSR count). The molecule has 0 saturated carbocycles. The summed E-state index contributed by atoms with van der Waals surface area (Å²) in [5, 5.41) is 14.0. The van der Waals surface area contributed by atoms with Gasteiger partial charge in [0, 0.05) is 36.2 Å². The van der Waals surface area contributed by atoms with Gasteiger partial charge in [-0.1, -0.05) is 49.5 Å². The van der Waals surface area contributed by atoms with Crippen molar-refractivity contribution < 1.29 is 18.3 Å². The molecule has 1 saturated heterocycles. The van der Waals surface area contributed by atoms with E-state index < -0.39 is 17.9 Å². The molecule has 0 aliphatic carbocycles. The number of fused-ring (bicyclic) bond motifs is 1. The van der Waals surface area contributed by atoms with Crippen LogP contribution < -0.4 is 4.90 Å². The predicted molar refractivity (Wildman–Crippen MR) is 139 cm³/mol.